The molecule has 0 aliphatic rings. The van der Waals surface area contributed by atoms with Crippen molar-refractivity contribution in [3.63, 3.8) is 0 Å². The average molecular weight is 413 g/mol. The maximum Gasteiger partial charge on any atom is 0.337 e. The second kappa shape index (κ2) is 11.2. The minimum absolute atomic E-state index is 0.0611. The number of rotatable bonds is 12. The molecular formula is C24H32N2O4. The summed E-state index contributed by atoms with van der Waals surface area (Å²) in [5.41, 5.74) is 13.8. The molecule has 0 atom stereocenters. The third-order valence-electron chi connectivity index (χ3n) is 5.52. The number of carboxylic acid groups (broad SMARTS) is 2. The molecule has 6 N–H and O–H groups in total. The molecule has 0 heterocycles. The molecule has 0 aliphatic carbocycles. The van der Waals surface area contributed by atoms with Crippen LogP contribution in [-0.4, -0.2) is 22.2 Å². The summed E-state index contributed by atoms with van der Waals surface area (Å²) in [6, 6.07) is 10.0. The summed E-state index contributed by atoms with van der Waals surface area (Å²) in [6.45, 7) is 2.20. The van der Waals surface area contributed by atoms with Gasteiger partial charge in [-0.3, -0.25) is 0 Å². The first kappa shape index (κ1) is 23.3. The summed E-state index contributed by atoms with van der Waals surface area (Å²) < 4.78 is 0. The van der Waals surface area contributed by atoms with Crippen LogP contribution in [0.3, 0.4) is 0 Å². The lowest BCUT2D eigenvalue weighted by molar-refractivity contribution is 0.0687. The summed E-state index contributed by atoms with van der Waals surface area (Å²) in [7, 11) is 0. The van der Waals surface area contributed by atoms with Gasteiger partial charge in [0.15, 0.2) is 0 Å². The minimum Gasteiger partial charge on any atom is -0.478 e. The van der Waals surface area contributed by atoms with E-state index in [1.165, 1.54) is 25.7 Å². The molecule has 0 spiro atoms. The fraction of sp³-hybridized carbons (Fsp3) is 0.417. The van der Waals surface area contributed by atoms with Gasteiger partial charge in [0.1, 0.15) is 0 Å². The number of carboxylic acids is 2. The molecule has 162 valence electrons. The third kappa shape index (κ3) is 6.24. The van der Waals surface area contributed by atoms with Crippen molar-refractivity contribution in [2.24, 2.45) is 0 Å². The first-order valence-corrected chi connectivity index (χ1v) is 10.6. The van der Waals surface area contributed by atoms with E-state index in [4.69, 9.17) is 11.5 Å². The van der Waals surface area contributed by atoms with E-state index in [-0.39, 0.29) is 28.4 Å². The van der Waals surface area contributed by atoms with Crippen LogP contribution in [-0.2, 0) is 0 Å². The number of hydrogen-bond acceptors (Lipinski definition) is 4. The highest BCUT2D eigenvalue weighted by atomic mass is 16.4. The van der Waals surface area contributed by atoms with Gasteiger partial charge in [-0.2, -0.15) is 0 Å². The van der Waals surface area contributed by atoms with Crippen LogP contribution in [0.1, 0.15) is 96.1 Å². The Morgan fingerprint density at radius 2 is 1.20 bits per heavy atom. The van der Waals surface area contributed by atoms with Crippen LogP contribution >= 0.6 is 0 Å². The zero-order valence-electron chi connectivity index (χ0n) is 17.6. The Labute approximate surface area is 177 Å². The molecule has 0 fully saturated rings. The Morgan fingerprint density at radius 1 is 0.767 bits per heavy atom. The van der Waals surface area contributed by atoms with Crippen LogP contribution < -0.4 is 11.5 Å². The highest BCUT2D eigenvalue weighted by molar-refractivity contribution is 5.94. The molecule has 0 aromatic heterocycles. The predicted molar refractivity (Wildman–Crippen MR) is 120 cm³/mol. The van der Waals surface area contributed by atoms with Gasteiger partial charge in [0.25, 0.3) is 0 Å². The van der Waals surface area contributed by atoms with Gasteiger partial charge in [0.2, 0.25) is 0 Å². The summed E-state index contributed by atoms with van der Waals surface area (Å²) in [5.74, 6) is -2.28. The number of unbranched alkanes of at least 4 members (excludes halogenated alkanes) is 6. The number of carbonyl (C=O) groups is 2. The fourth-order valence-electron chi connectivity index (χ4n) is 3.78. The molecule has 0 saturated heterocycles. The smallest absolute Gasteiger partial charge is 0.337 e. The van der Waals surface area contributed by atoms with Crippen LogP contribution in [0, 0.1) is 0 Å². The van der Waals surface area contributed by atoms with Crippen molar-refractivity contribution in [1.29, 1.82) is 0 Å². The SMILES string of the molecule is CCCCCCCCCC(c1ccc(N)c(C(=O)O)c1)c1ccc(N)c(C(=O)O)c1. The molecule has 2 aromatic carbocycles. The molecule has 0 radical (unpaired) electrons. The lowest BCUT2D eigenvalue weighted by Gasteiger charge is -2.20. The third-order valence-corrected chi connectivity index (χ3v) is 5.52. The average Bonchev–Trinajstić information content (AvgIpc) is 2.71. The van der Waals surface area contributed by atoms with E-state index in [1.807, 2.05) is 12.1 Å². The maximum atomic E-state index is 11.5. The van der Waals surface area contributed by atoms with E-state index in [0.717, 1.165) is 36.8 Å². The largest absolute Gasteiger partial charge is 0.478 e. The topological polar surface area (TPSA) is 127 Å². The van der Waals surface area contributed by atoms with Crippen molar-refractivity contribution in [3.05, 3.63) is 58.7 Å². The van der Waals surface area contributed by atoms with E-state index in [2.05, 4.69) is 6.92 Å². The lowest BCUT2D eigenvalue weighted by atomic mass is 9.85. The molecule has 0 bridgehead atoms. The second-order valence-corrected chi connectivity index (χ2v) is 7.77. The molecule has 2 rings (SSSR count). The van der Waals surface area contributed by atoms with Crippen molar-refractivity contribution in [2.75, 3.05) is 11.5 Å². The summed E-state index contributed by atoms with van der Waals surface area (Å²) in [4.78, 5) is 23.1. The van der Waals surface area contributed by atoms with E-state index < -0.39 is 11.9 Å². The quantitative estimate of drug-likeness (QED) is 0.268. The molecule has 6 heteroatoms. The Kier molecular flexibility index (Phi) is 8.71. The Morgan fingerprint density at radius 3 is 1.63 bits per heavy atom. The Hall–Kier alpha value is -3.02. The van der Waals surface area contributed by atoms with E-state index in [1.54, 1.807) is 24.3 Å². The van der Waals surface area contributed by atoms with Crippen molar-refractivity contribution < 1.29 is 19.8 Å². The normalized spacial score (nSPS) is 11.0. The minimum atomic E-state index is -1.08. The van der Waals surface area contributed by atoms with Crippen LogP contribution in [0.4, 0.5) is 11.4 Å². The summed E-state index contributed by atoms with van der Waals surface area (Å²) >= 11 is 0. The zero-order chi connectivity index (χ0) is 22.1. The van der Waals surface area contributed by atoms with Crippen LogP contribution in [0.15, 0.2) is 36.4 Å². The second-order valence-electron chi connectivity index (χ2n) is 7.77. The molecule has 0 saturated carbocycles. The van der Waals surface area contributed by atoms with E-state index >= 15 is 0 Å². The van der Waals surface area contributed by atoms with E-state index in [0.29, 0.717) is 0 Å². The number of nitrogen functional groups attached to an aromatic ring is 2. The van der Waals surface area contributed by atoms with E-state index in [9.17, 15) is 19.8 Å². The fourth-order valence-corrected chi connectivity index (χ4v) is 3.78. The molecule has 6 nitrogen and oxygen atoms in total. The molecular weight excluding hydrogens is 380 g/mol. The predicted octanol–water partition coefficient (Wildman–Crippen LogP) is 5.52. The highest BCUT2D eigenvalue weighted by Crippen LogP contribution is 2.33. The monoisotopic (exact) mass is 412 g/mol. The van der Waals surface area contributed by atoms with Crippen molar-refractivity contribution in [3.8, 4) is 0 Å². The van der Waals surface area contributed by atoms with Gasteiger partial charge in [-0.05, 0) is 41.8 Å². The molecule has 2 aromatic rings. The zero-order valence-corrected chi connectivity index (χ0v) is 17.6. The number of anilines is 2. The van der Waals surface area contributed by atoms with Crippen LogP contribution in [0.5, 0.6) is 0 Å². The van der Waals surface area contributed by atoms with Gasteiger partial charge in [0.05, 0.1) is 11.1 Å². The van der Waals surface area contributed by atoms with Gasteiger partial charge in [-0.15, -0.1) is 0 Å². The summed E-state index contributed by atoms with van der Waals surface area (Å²) in [5, 5.41) is 18.9. The van der Waals surface area contributed by atoms with Crippen molar-refractivity contribution in [1.82, 2.24) is 0 Å². The first-order valence-electron chi connectivity index (χ1n) is 10.6. The standard InChI is InChI=1S/C24H32N2O4/c1-2-3-4-5-6-7-8-9-18(16-10-12-21(25)19(14-16)23(27)28)17-11-13-22(26)20(15-17)24(29)30/h10-15,18H,2-9,25-26H2,1H3,(H,27,28)(H,29,30). The highest BCUT2D eigenvalue weighted by Gasteiger charge is 2.20. The number of benzene rings is 2. The Balaban J connectivity index is 2.27. The number of hydrogen-bond donors (Lipinski definition) is 4. The van der Waals surface area contributed by atoms with Gasteiger partial charge < -0.3 is 21.7 Å². The number of aromatic carboxylic acids is 2. The maximum absolute atomic E-state index is 11.5. The van der Waals surface area contributed by atoms with Gasteiger partial charge in [-0.1, -0.05) is 64.0 Å². The van der Waals surface area contributed by atoms with Crippen LogP contribution in [0.2, 0.25) is 0 Å². The van der Waals surface area contributed by atoms with Gasteiger partial charge in [-0.25, -0.2) is 9.59 Å². The van der Waals surface area contributed by atoms with Gasteiger partial charge in [0, 0.05) is 17.3 Å². The van der Waals surface area contributed by atoms with Crippen molar-refractivity contribution >= 4 is 23.3 Å². The van der Waals surface area contributed by atoms with Gasteiger partial charge >= 0.3 is 11.9 Å². The molecule has 0 aliphatic heterocycles. The first-order chi connectivity index (χ1) is 14.3. The molecule has 0 amide bonds. The van der Waals surface area contributed by atoms with Crippen molar-refractivity contribution in [2.45, 2.75) is 64.2 Å². The summed E-state index contributed by atoms with van der Waals surface area (Å²) in [6.07, 6.45) is 8.95. The van der Waals surface area contributed by atoms with Crippen LogP contribution in [0.25, 0.3) is 0 Å². The molecule has 0 unspecified atom stereocenters. The Bertz CT molecular complexity index is 816. The lowest BCUT2D eigenvalue weighted by Crippen LogP contribution is -2.09. The molecule has 30 heavy (non-hydrogen) atoms. The number of nitrogens with two attached hydrogens (primary N) is 2.